The van der Waals surface area contributed by atoms with Crippen LogP contribution in [0.4, 0.5) is 0 Å². The van der Waals surface area contributed by atoms with Crippen molar-refractivity contribution in [3.63, 3.8) is 0 Å². The number of ether oxygens (including phenoxy) is 1. The summed E-state index contributed by atoms with van der Waals surface area (Å²) in [5.41, 5.74) is 0. The van der Waals surface area contributed by atoms with Crippen LogP contribution in [-0.4, -0.2) is 18.9 Å². The van der Waals surface area contributed by atoms with Crippen LogP contribution in [0.25, 0.3) is 0 Å². The Bertz CT molecular complexity index is 93.6. The van der Waals surface area contributed by atoms with Crippen molar-refractivity contribution in [2.24, 2.45) is 0 Å². The molecule has 0 unspecified atom stereocenters. The van der Waals surface area contributed by atoms with Crippen LogP contribution in [0.15, 0.2) is 0 Å². The van der Waals surface area contributed by atoms with Crippen molar-refractivity contribution in [3.05, 3.63) is 0 Å². The predicted octanol–water partition coefficient (Wildman–Crippen LogP) is -3.87. The Hall–Kier alpha value is 0.736. The summed E-state index contributed by atoms with van der Waals surface area (Å²) in [6.07, 6.45) is 1.17. The molecule has 0 aromatic heterocycles. The molecule has 0 aliphatic rings. The molecule has 0 aliphatic heterocycles. The summed E-state index contributed by atoms with van der Waals surface area (Å²) >= 11 is 0. The molecule has 0 aromatic carbocycles. The van der Waals surface area contributed by atoms with Gasteiger partial charge >= 0.3 is 51.4 Å². The maximum atomic E-state index is 10.2. The second kappa shape index (κ2) is 12.4. The van der Waals surface area contributed by atoms with Gasteiger partial charge in [0.1, 0.15) is 0 Å². The zero-order valence-electron chi connectivity index (χ0n) is 6.22. The van der Waals surface area contributed by atoms with Crippen molar-refractivity contribution >= 4 is 12.3 Å². The third-order valence-corrected chi connectivity index (χ3v) is 0.522. The van der Waals surface area contributed by atoms with Gasteiger partial charge in [0.15, 0.2) is 0 Å². The van der Waals surface area contributed by atoms with E-state index in [4.69, 9.17) is 0 Å². The third-order valence-electron chi connectivity index (χ3n) is 0.522. The summed E-state index contributed by atoms with van der Waals surface area (Å²) in [4.78, 5) is 19.6. The maximum absolute atomic E-state index is 10.2. The van der Waals surface area contributed by atoms with Crippen molar-refractivity contribution in [3.8, 4) is 0 Å². The van der Waals surface area contributed by atoms with Gasteiger partial charge < -0.3 is 15.0 Å². The molecule has 0 atom stereocenters. The Balaban J connectivity index is -0.000000245. The molecular formula is C5H10KO4+. The molecule has 0 spiro atoms. The summed E-state index contributed by atoms with van der Waals surface area (Å²) in [5, 5.41) is 0. The number of carbonyl (C=O) groups excluding carboxylic acids is 2. The molecular weight excluding hydrogens is 163 g/mol. The molecule has 54 valence electrons. The van der Waals surface area contributed by atoms with Crippen LogP contribution >= 0.6 is 0 Å². The second-order valence-corrected chi connectivity index (χ2v) is 1.13. The molecule has 10 heavy (non-hydrogen) atoms. The van der Waals surface area contributed by atoms with Crippen LogP contribution in [0.2, 0.25) is 0 Å². The molecule has 0 radical (unpaired) electrons. The van der Waals surface area contributed by atoms with Gasteiger partial charge in [-0.25, -0.2) is 0 Å². The van der Waals surface area contributed by atoms with E-state index in [1.165, 1.54) is 6.29 Å². The van der Waals surface area contributed by atoms with Gasteiger partial charge in [0.2, 0.25) is 0 Å². The van der Waals surface area contributed by atoms with E-state index in [1.807, 2.05) is 0 Å². The van der Waals surface area contributed by atoms with Gasteiger partial charge in [-0.1, -0.05) is 6.42 Å². The normalized spacial score (nSPS) is 6.50. The summed E-state index contributed by atoms with van der Waals surface area (Å²) < 4.78 is 4.38. The topological polar surface area (TPSA) is 76.4 Å². The number of carbonyl (C=O) groups is 1. The van der Waals surface area contributed by atoms with E-state index in [-0.39, 0.29) is 63.3 Å². The van der Waals surface area contributed by atoms with Gasteiger partial charge in [0.25, 0.3) is 5.97 Å². The van der Waals surface area contributed by atoms with Crippen LogP contribution in [0.1, 0.15) is 13.3 Å². The molecule has 0 aliphatic carbocycles. The van der Waals surface area contributed by atoms with Crippen LogP contribution in [0, 0.1) is 0 Å². The van der Waals surface area contributed by atoms with Crippen molar-refractivity contribution < 1.29 is 71.2 Å². The smallest absolute Gasteiger partial charge is 0.541 e. The molecule has 0 aromatic rings. The van der Waals surface area contributed by atoms with E-state index in [0.29, 0.717) is 6.61 Å². The monoisotopic (exact) mass is 173 g/mol. The predicted molar refractivity (Wildman–Crippen MR) is 31.8 cm³/mol. The number of hydrogen-bond donors (Lipinski definition) is 0. The molecule has 0 saturated carbocycles. The molecule has 0 rings (SSSR count). The molecule has 0 heterocycles. The van der Waals surface area contributed by atoms with Crippen LogP contribution in [-0.2, 0) is 19.8 Å². The molecule has 4 nitrogen and oxygen atoms in total. The Morgan fingerprint density at radius 3 is 2.40 bits per heavy atom. The maximum Gasteiger partial charge on any atom is 1.00 e. The van der Waals surface area contributed by atoms with E-state index in [1.54, 1.807) is 6.92 Å². The summed E-state index contributed by atoms with van der Waals surface area (Å²) in [5.74, 6) is -0.512. The van der Waals surface area contributed by atoms with Gasteiger partial charge in [0.05, 0.1) is 6.61 Å². The van der Waals surface area contributed by atoms with Crippen molar-refractivity contribution in [2.75, 3.05) is 6.61 Å². The van der Waals surface area contributed by atoms with Crippen molar-refractivity contribution in [1.29, 1.82) is 0 Å². The standard InChI is InChI=1S/C5H7O3.K.H2O/c1-2-8-5(7)3-4-6;;/h2-3H2,1H3;;1H2/q-1;+1;/p+1. The molecule has 0 amide bonds. The first-order valence-electron chi connectivity index (χ1n) is 2.32. The second-order valence-electron chi connectivity index (χ2n) is 1.13. The van der Waals surface area contributed by atoms with E-state index in [2.05, 4.69) is 4.74 Å². The molecule has 0 fully saturated rings. The Morgan fingerprint density at radius 2 is 2.10 bits per heavy atom. The quantitative estimate of drug-likeness (QED) is 0.144. The number of rotatable bonds is 3. The SMILES string of the molecule is CCOC(=O)C[C-]=O.[K+].[OH3+]. The number of esters is 1. The fraction of sp³-hybridized carbons (Fsp3) is 0.600. The van der Waals surface area contributed by atoms with Gasteiger partial charge in [-0.05, 0) is 6.92 Å². The van der Waals surface area contributed by atoms with Gasteiger partial charge in [-0.3, -0.25) is 11.1 Å². The first-order chi connectivity index (χ1) is 3.81. The third kappa shape index (κ3) is 11.5. The summed E-state index contributed by atoms with van der Waals surface area (Å²) in [7, 11) is 0. The Labute approximate surface area is 102 Å². The minimum atomic E-state index is -0.512. The molecule has 5 heteroatoms. The van der Waals surface area contributed by atoms with Gasteiger partial charge in [0, 0.05) is 0 Å². The van der Waals surface area contributed by atoms with Gasteiger partial charge in [-0.2, -0.15) is 0 Å². The first kappa shape index (κ1) is 17.0. The van der Waals surface area contributed by atoms with Crippen LogP contribution in [0.3, 0.4) is 0 Å². The van der Waals surface area contributed by atoms with E-state index in [9.17, 15) is 9.59 Å². The van der Waals surface area contributed by atoms with Crippen molar-refractivity contribution in [2.45, 2.75) is 13.3 Å². The van der Waals surface area contributed by atoms with Crippen LogP contribution < -0.4 is 51.4 Å². The number of hydrogen-bond acceptors (Lipinski definition) is 3. The zero-order chi connectivity index (χ0) is 6.41. The Morgan fingerprint density at radius 1 is 1.60 bits per heavy atom. The average molecular weight is 173 g/mol. The fourth-order valence-electron chi connectivity index (χ4n) is 0.271. The van der Waals surface area contributed by atoms with E-state index in [0.717, 1.165) is 0 Å². The largest absolute Gasteiger partial charge is 1.00 e. The molecule has 3 N–H and O–H groups in total. The fourth-order valence-corrected chi connectivity index (χ4v) is 0.271. The van der Waals surface area contributed by atoms with E-state index < -0.39 is 5.97 Å². The van der Waals surface area contributed by atoms with Crippen molar-refractivity contribution in [1.82, 2.24) is 0 Å². The summed E-state index contributed by atoms with van der Waals surface area (Å²) in [6, 6.07) is 0. The molecule has 0 saturated heterocycles. The van der Waals surface area contributed by atoms with E-state index >= 15 is 0 Å². The molecule has 0 bridgehead atoms. The van der Waals surface area contributed by atoms with Gasteiger partial charge in [-0.15, -0.1) is 0 Å². The van der Waals surface area contributed by atoms with Crippen LogP contribution in [0.5, 0.6) is 0 Å². The minimum Gasteiger partial charge on any atom is -0.541 e. The Kier molecular flexibility index (Phi) is 21.1. The minimum absolute atomic E-state index is 0. The zero-order valence-corrected chi connectivity index (χ0v) is 9.34. The average Bonchev–Trinajstić information content (AvgIpc) is 1.68. The summed E-state index contributed by atoms with van der Waals surface area (Å²) in [6.45, 7) is 2.00. The first-order valence-corrected chi connectivity index (χ1v) is 2.32.